The summed E-state index contributed by atoms with van der Waals surface area (Å²) in [4.78, 5) is 30.6. The summed E-state index contributed by atoms with van der Waals surface area (Å²) in [6, 6.07) is 12.6. The van der Waals surface area contributed by atoms with Crippen LogP contribution in [0.1, 0.15) is 53.9 Å². The zero-order chi connectivity index (χ0) is 25.1. The largest absolute Gasteiger partial charge is 0.494 e. The second-order valence-corrected chi connectivity index (χ2v) is 10.4. The van der Waals surface area contributed by atoms with Crippen LogP contribution in [-0.4, -0.2) is 56.8 Å². The zero-order valence-corrected chi connectivity index (χ0v) is 22.1. The fraction of sp³-hybridized carbons (Fsp3) is 0.429. The number of amides is 1. The Balaban J connectivity index is 1.48. The monoisotopic (exact) mass is 555 g/mol. The number of hydrogen-bond acceptors (Lipinski definition) is 5. The van der Waals surface area contributed by atoms with Crippen LogP contribution < -0.4 is 15.1 Å². The number of ether oxygens (including phenoxy) is 2. The number of benzene rings is 2. The van der Waals surface area contributed by atoms with Crippen LogP contribution >= 0.6 is 15.9 Å². The van der Waals surface area contributed by atoms with Gasteiger partial charge in [0.05, 0.1) is 43.4 Å². The van der Waals surface area contributed by atoms with Gasteiger partial charge in [0.25, 0.3) is 5.91 Å². The van der Waals surface area contributed by atoms with E-state index >= 15 is 0 Å². The van der Waals surface area contributed by atoms with Crippen molar-refractivity contribution >= 4 is 32.8 Å². The van der Waals surface area contributed by atoms with E-state index in [-0.39, 0.29) is 17.1 Å². The van der Waals surface area contributed by atoms with Crippen molar-refractivity contribution in [3.05, 3.63) is 74.0 Å². The molecule has 0 unspecified atom stereocenters. The van der Waals surface area contributed by atoms with E-state index in [1.54, 1.807) is 17.0 Å². The first-order chi connectivity index (χ1) is 17.6. The molecule has 1 atom stereocenters. The molecule has 2 aromatic carbocycles. The van der Waals surface area contributed by atoms with Gasteiger partial charge in [-0.1, -0.05) is 41.4 Å². The van der Waals surface area contributed by atoms with Gasteiger partial charge in [0, 0.05) is 17.4 Å². The number of rotatable bonds is 9. The van der Waals surface area contributed by atoms with Crippen molar-refractivity contribution in [3.63, 3.8) is 0 Å². The molecule has 0 bridgehead atoms. The summed E-state index contributed by atoms with van der Waals surface area (Å²) in [5, 5.41) is 0.472. The van der Waals surface area contributed by atoms with E-state index in [0.29, 0.717) is 29.7 Å². The lowest BCUT2D eigenvalue weighted by atomic mass is 9.98. The number of hydrogen-bond donors (Lipinski definition) is 1. The van der Waals surface area contributed by atoms with Crippen molar-refractivity contribution in [2.75, 3.05) is 46.0 Å². The van der Waals surface area contributed by atoms with Gasteiger partial charge in [0.2, 0.25) is 5.76 Å². The number of unbranched alkanes of at least 4 members (excludes halogenated alkanes) is 1. The maximum atomic E-state index is 13.7. The summed E-state index contributed by atoms with van der Waals surface area (Å²) in [6.07, 6.45) is 2.90. The molecule has 1 fully saturated rings. The lowest BCUT2D eigenvalue weighted by Gasteiger charge is -2.27. The molecule has 2 aliphatic heterocycles. The summed E-state index contributed by atoms with van der Waals surface area (Å²) in [5.74, 6) is 0.715. The van der Waals surface area contributed by atoms with E-state index in [0.717, 1.165) is 67.9 Å². The molecule has 36 heavy (non-hydrogen) atoms. The molecule has 3 aromatic rings. The molecule has 190 valence electrons. The molecule has 3 heterocycles. The Labute approximate surface area is 219 Å². The molecular formula is C28H32BrN2O5+. The molecule has 0 spiro atoms. The molecule has 0 saturated carbocycles. The van der Waals surface area contributed by atoms with Crippen LogP contribution in [0, 0.1) is 0 Å². The molecule has 2 aliphatic rings. The highest BCUT2D eigenvalue weighted by molar-refractivity contribution is 9.10. The predicted molar refractivity (Wildman–Crippen MR) is 141 cm³/mol. The third-order valence-corrected chi connectivity index (χ3v) is 7.51. The van der Waals surface area contributed by atoms with Crippen molar-refractivity contribution in [2.45, 2.75) is 32.2 Å². The lowest BCUT2D eigenvalue weighted by molar-refractivity contribution is -0.908. The summed E-state index contributed by atoms with van der Waals surface area (Å²) in [5.41, 5.74) is 1.57. The Morgan fingerprint density at radius 3 is 2.61 bits per heavy atom. The Hall–Kier alpha value is -2.68. The summed E-state index contributed by atoms with van der Waals surface area (Å²) in [6.45, 7) is 7.82. The second-order valence-electron chi connectivity index (χ2n) is 9.45. The SMILES string of the molecule is CCCCOc1ccc([C@H]2c3c(oc4ccc(Br)cc4c3=O)C(=O)N2CCC[NH+]2CCOCC2)cc1. The number of fused-ring (bicyclic) bond motifs is 2. The fourth-order valence-corrected chi connectivity index (χ4v) is 5.42. The molecule has 1 aromatic heterocycles. The predicted octanol–water partition coefficient (Wildman–Crippen LogP) is 3.58. The van der Waals surface area contributed by atoms with Gasteiger partial charge in [-0.25, -0.2) is 0 Å². The van der Waals surface area contributed by atoms with E-state index < -0.39 is 6.04 Å². The van der Waals surface area contributed by atoms with Gasteiger partial charge in [-0.3, -0.25) is 9.59 Å². The first kappa shape index (κ1) is 25.0. The normalized spacial score (nSPS) is 18.1. The summed E-state index contributed by atoms with van der Waals surface area (Å²) in [7, 11) is 0. The Morgan fingerprint density at radius 2 is 1.86 bits per heavy atom. The lowest BCUT2D eigenvalue weighted by Crippen LogP contribution is -3.14. The van der Waals surface area contributed by atoms with Crippen LogP contribution in [0.25, 0.3) is 11.0 Å². The van der Waals surface area contributed by atoms with Gasteiger partial charge in [-0.05, 0) is 42.3 Å². The average molecular weight is 556 g/mol. The minimum Gasteiger partial charge on any atom is -0.494 e. The maximum Gasteiger partial charge on any atom is 0.290 e. The third-order valence-electron chi connectivity index (χ3n) is 7.02. The van der Waals surface area contributed by atoms with Crippen LogP contribution in [0.3, 0.4) is 0 Å². The molecule has 1 N–H and O–H groups in total. The van der Waals surface area contributed by atoms with Crippen molar-refractivity contribution in [3.8, 4) is 5.75 Å². The fourth-order valence-electron chi connectivity index (χ4n) is 5.06. The van der Waals surface area contributed by atoms with E-state index in [4.69, 9.17) is 13.9 Å². The molecule has 8 heteroatoms. The van der Waals surface area contributed by atoms with E-state index in [1.807, 2.05) is 30.3 Å². The van der Waals surface area contributed by atoms with Crippen LogP contribution in [-0.2, 0) is 4.74 Å². The molecule has 1 amide bonds. The van der Waals surface area contributed by atoms with Crippen LogP contribution in [0.4, 0.5) is 0 Å². The highest BCUT2D eigenvalue weighted by atomic mass is 79.9. The van der Waals surface area contributed by atoms with Gasteiger partial charge < -0.3 is 23.7 Å². The Bertz CT molecular complexity index is 1280. The topological polar surface area (TPSA) is 73.4 Å². The molecule has 0 aliphatic carbocycles. The maximum absolute atomic E-state index is 13.7. The van der Waals surface area contributed by atoms with E-state index in [9.17, 15) is 9.59 Å². The number of halogens is 1. The number of nitrogens with zero attached hydrogens (tertiary/aromatic N) is 1. The molecule has 7 nitrogen and oxygen atoms in total. The van der Waals surface area contributed by atoms with Crippen LogP contribution in [0.2, 0.25) is 0 Å². The number of morpholine rings is 1. The Morgan fingerprint density at radius 1 is 1.08 bits per heavy atom. The standard InChI is InChI=1S/C28H31BrN2O5/c1-2-3-15-35-21-8-5-19(6-9-21)25-24-26(32)22-18-20(29)7-10-23(22)36-27(24)28(33)31(25)12-4-11-30-13-16-34-17-14-30/h5-10,18,25H,2-4,11-17H2,1H3/p+1/t25-/m0/s1. The van der Waals surface area contributed by atoms with Gasteiger partial charge in [0.15, 0.2) is 5.43 Å². The minimum absolute atomic E-state index is 0.154. The highest BCUT2D eigenvalue weighted by Crippen LogP contribution is 2.38. The molecule has 1 saturated heterocycles. The van der Waals surface area contributed by atoms with Gasteiger partial charge >= 0.3 is 0 Å². The number of carbonyl (C=O) groups excluding carboxylic acids is 1. The summed E-state index contributed by atoms with van der Waals surface area (Å²) < 4.78 is 18.2. The van der Waals surface area contributed by atoms with Crippen LogP contribution in [0.15, 0.2) is 56.1 Å². The second kappa shape index (κ2) is 11.2. The van der Waals surface area contributed by atoms with Crippen LogP contribution in [0.5, 0.6) is 5.75 Å². The first-order valence-corrected chi connectivity index (χ1v) is 13.6. The van der Waals surface area contributed by atoms with Crippen molar-refractivity contribution in [2.24, 2.45) is 0 Å². The van der Waals surface area contributed by atoms with E-state index in [1.165, 1.54) is 4.90 Å². The van der Waals surface area contributed by atoms with Gasteiger partial charge in [0.1, 0.15) is 24.4 Å². The van der Waals surface area contributed by atoms with Gasteiger partial charge in [-0.15, -0.1) is 0 Å². The third kappa shape index (κ3) is 5.08. The molecular weight excluding hydrogens is 524 g/mol. The smallest absolute Gasteiger partial charge is 0.290 e. The van der Waals surface area contributed by atoms with Crippen molar-refractivity contribution in [1.29, 1.82) is 0 Å². The number of quaternary nitrogens is 1. The average Bonchev–Trinajstić information content (AvgIpc) is 3.17. The first-order valence-electron chi connectivity index (χ1n) is 12.8. The quantitative estimate of drug-likeness (QED) is 0.408. The van der Waals surface area contributed by atoms with Crippen molar-refractivity contribution < 1.29 is 23.6 Å². The minimum atomic E-state index is -0.489. The van der Waals surface area contributed by atoms with Gasteiger partial charge in [-0.2, -0.15) is 0 Å². The summed E-state index contributed by atoms with van der Waals surface area (Å²) >= 11 is 3.45. The van der Waals surface area contributed by atoms with Crippen molar-refractivity contribution in [1.82, 2.24) is 4.90 Å². The highest BCUT2D eigenvalue weighted by Gasteiger charge is 2.42. The number of nitrogens with one attached hydrogen (secondary N) is 1. The van der Waals surface area contributed by atoms with E-state index in [2.05, 4.69) is 22.9 Å². The molecule has 0 radical (unpaired) electrons. The zero-order valence-electron chi connectivity index (χ0n) is 20.6. The molecule has 5 rings (SSSR count). The Kier molecular flexibility index (Phi) is 7.74. The number of carbonyl (C=O) groups is 1.